The Balaban J connectivity index is 1.59. The van der Waals surface area contributed by atoms with Crippen LogP contribution in [-0.2, 0) is 17.8 Å². The van der Waals surface area contributed by atoms with Gasteiger partial charge < -0.3 is 11.1 Å². The molecule has 3 heteroatoms. The Morgan fingerprint density at radius 2 is 2.00 bits per heavy atom. The monoisotopic (exact) mass is 258 g/mol. The lowest BCUT2D eigenvalue weighted by Gasteiger charge is -2.23. The van der Waals surface area contributed by atoms with Gasteiger partial charge in [-0.25, -0.2) is 0 Å². The van der Waals surface area contributed by atoms with Gasteiger partial charge in [-0.1, -0.05) is 30.7 Å². The van der Waals surface area contributed by atoms with E-state index in [0.29, 0.717) is 19.0 Å². The van der Waals surface area contributed by atoms with Crippen molar-refractivity contribution in [2.75, 3.05) is 0 Å². The fourth-order valence-electron chi connectivity index (χ4n) is 3.78. The topological polar surface area (TPSA) is 55.1 Å². The van der Waals surface area contributed by atoms with Crippen LogP contribution in [0.15, 0.2) is 24.3 Å². The molecule has 0 saturated heterocycles. The van der Waals surface area contributed by atoms with Gasteiger partial charge in [0.15, 0.2) is 0 Å². The standard InChI is InChI=1S/C16H22N2O/c17-10-14-4-2-1-3-12(14)9-16(19)18-15-8-11-5-6-13(15)7-11/h1-4,11,13,15H,5-10,17H2,(H,18,19). The molecule has 2 aliphatic carbocycles. The Morgan fingerprint density at radius 1 is 1.21 bits per heavy atom. The molecule has 0 radical (unpaired) electrons. The van der Waals surface area contributed by atoms with E-state index in [-0.39, 0.29) is 5.91 Å². The van der Waals surface area contributed by atoms with Gasteiger partial charge in [0, 0.05) is 12.6 Å². The Labute approximate surface area is 114 Å². The molecule has 2 aliphatic rings. The molecular formula is C16H22N2O. The second-order valence-electron chi connectivity index (χ2n) is 6.00. The van der Waals surface area contributed by atoms with Crippen LogP contribution in [0.25, 0.3) is 0 Å². The molecule has 3 nitrogen and oxygen atoms in total. The maximum absolute atomic E-state index is 12.2. The molecule has 2 saturated carbocycles. The highest BCUT2D eigenvalue weighted by Crippen LogP contribution is 2.44. The second-order valence-corrected chi connectivity index (χ2v) is 6.00. The lowest BCUT2D eigenvalue weighted by Crippen LogP contribution is -2.39. The van der Waals surface area contributed by atoms with Crippen molar-refractivity contribution in [3.8, 4) is 0 Å². The van der Waals surface area contributed by atoms with Gasteiger partial charge >= 0.3 is 0 Å². The largest absolute Gasteiger partial charge is 0.353 e. The number of benzene rings is 1. The number of hydrogen-bond donors (Lipinski definition) is 2. The average molecular weight is 258 g/mol. The van der Waals surface area contributed by atoms with Crippen LogP contribution in [0.3, 0.4) is 0 Å². The first-order valence-corrected chi connectivity index (χ1v) is 7.32. The van der Waals surface area contributed by atoms with Crippen LogP contribution in [0.4, 0.5) is 0 Å². The number of carbonyl (C=O) groups is 1. The zero-order chi connectivity index (χ0) is 13.2. The second kappa shape index (κ2) is 5.33. The summed E-state index contributed by atoms with van der Waals surface area (Å²) in [6.07, 6.45) is 5.64. The van der Waals surface area contributed by atoms with Crippen LogP contribution in [0.5, 0.6) is 0 Å². The van der Waals surface area contributed by atoms with Crippen molar-refractivity contribution in [2.45, 2.75) is 44.7 Å². The third-order valence-electron chi connectivity index (χ3n) is 4.77. The van der Waals surface area contributed by atoms with E-state index < -0.39 is 0 Å². The van der Waals surface area contributed by atoms with E-state index in [1.54, 1.807) is 0 Å². The molecular weight excluding hydrogens is 236 g/mol. The van der Waals surface area contributed by atoms with E-state index in [9.17, 15) is 4.79 Å². The summed E-state index contributed by atoms with van der Waals surface area (Å²) < 4.78 is 0. The maximum Gasteiger partial charge on any atom is 0.224 e. The fourth-order valence-corrected chi connectivity index (χ4v) is 3.78. The van der Waals surface area contributed by atoms with E-state index in [2.05, 4.69) is 5.32 Å². The third-order valence-corrected chi connectivity index (χ3v) is 4.77. The Hall–Kier alpha value is -1.35. The zero-order valence-electron chi connectivity index (χ0n) is 11.3. The average Bonchev–Trinajstić information content (AvgIpc) is 3.01. The number of nitrogens with one attached hydrogen (secondary N) is 1. The number of nitrogens with two attached hydrogens (primary N) is 1. The van der Waals surface area contributed by atoms with Gasteiger partial charge in [0.25, 0.3) is 0 Å². The van der Waals surface area contributed by atoms with Crippen LogP contribution < -0.4 is 11.1 Å². The minimum absolute atomic E-state index is 0.151. The molecule has 3 N–H and O–H groups in total. The summed E-state index contributed by atoms with van der Waals surface area (Å²) in [4.78, 5) is 12.2. The molecule has 2 bridgehead atoms. The molecule has 3 rings (SSSR count). The molecule has 0 spiro atoms. The number of hydrogen-bond acceptors (Lipinski definition) is 2. The highest BCUT2D eigenvalue weighted by molar-refractivity contribution is 5.79. The molecule has 0 aliphatic heterocycles. The van der Waals surface area contributed by atoms with Crippen LogP contribution in [0.1, 0.15) is 36.8 Å². The first kappa shape index (κ1) is 12.7. The Kier molecular flexibility index (Phi) is 3.56. The van der Waals surface area contributed by atoms with Gasteiger partial charge in [0.1, 0.15) is 0 Å². The smallest absolute Gasteiger partial charge is 0.224 e. The molecule has 3 atom stereocenters. The van der Waals surface area contributed by atoms with E-state index in [0.717, 1.165) is 23.0 Å². The number of carbonyl (C=O) groups excluding carboxylic acids is 1. The lowest BCUT2D eigenvalue weighted by atomic mass is 9.95. The molecule has 0 aromatic heterocycles. The van der Waals surface area contributed by atoms with E-state index in [4.69, 9.17) is 5.73 Å². The lowest BCUT2D eigenvalue weighted by molar-refractivity contribution is -0.121. The van der Waals surface area contributed by atoms with Gasteiger partial charge in [-0.3, -0.25) is 4.79 Å². The number of fused-ring (bicyclic) bond motifs is 2. The van der Waals surface area contributed by atoms with Gasteiger partial charge in [-0.2, -0.15) is 0 Å². The van der Waals surface area contributed by atoms with Crippen molar-refractivity contribution in [2.24, 2.45) is 17.6 Å². The fraction of sp³-hybridized carbons (Fsp3) is 0.562. The molecule has 1 aromatic carbocycles. The highest BCUT2D eigenvalue weighted by Gasteiger charge is 2.39. The van der Waals surface area contributed by atoms with Crippen LogP contribution in [-0.4, -0.2) is 11.9 Å². The van der Waals surface area contributed by atoms with Gasteiger partial charge in [0.05, 0.1) is 6.42 Å². The minimum atomic E-state index is 0.151. The van der Waals surface area contributed by atoms with Crippen LogP contribution in [0.2, 0.25) is 0 Å². The maximum atomic E-state index is 12.2. The zero-order valence-corrected chi connectivity index (χ0v) is 11.3. The predicted octanol–water partition coefficient (Wildman–Crippen LogP) is 1.99. The summed E-state index contributed by atoms with van der Waals surface area (Å²) in [7, 11) is 0. The van der Waals surface area contributed by atoms with Crippen molar-refractivity contribution in [1.82, 2.24) is 5.32 Å². The first-order chi connectivity index (χ1) is 9.26. The SMILES string of the molecule is NCc1ccccc1CC(=O)NC1CC2CCC1C2. The summed E-state index contributed by atoms with van der Waals surface area (Å²) in [5.41, 5.74) is 7.84. The van der Waals surface area contributed by atoms with Crippen molar-refractivity contribution in [3.63, 3.8) is 0 Å². The summed E-state index contributed by atoms with van der Waals surface area (Å²) in [5, 5.41) is 3.23. The van der Waals surface area contributed by atoms with E-state index in [1.165, 1.54) is 25.7 Å². The summed E-state index contributed by atoms with van der Waals surface area (Å²) in [5.74, 6) is 1.75. The van der Waals surface area contributed by atoms with E-state index in [1.807, 2.05) is 24.3 Å². The molecule has 102 valence electrons. The van der Waals surface area contributed by atoms with Crippen molar-refractivity contribution >= 4 is 5.91 Å². The molecule has 1 amide bonds. The quantitative estimate of drug-likeness (QED) is 0.868. The first-order valence-electron chi connectivity index (χ1n) is 7.32. The molecule has 1 aromatic rings. The Bertz CT molecular complexity index is 472. The number of rotatable bonds is 4. The summed E-state index contributed by atoms with van der Waals surface area (Å²) in [6.45, 7) is 0.498. The van der Waals surface area contributed by atoms with Gasteiger partial charge in [-0.15, -0.1) is 0 Å². The van der Waals surface area contributed by atoms with Gasteiger partial charge in [-0.05, 0) is 42.2 Å². The molecule has 2 fully saturated rings. The van der Waals surface area contributed by atoms with Crippen LogP contribution >= 0.6 is 0 Å². The minimum Gasteiger partial charge on any atom is -0.353 e. The molecule has 0 heterocycles. The van der Waals surface area contributed by atoms with Crippen molar-refractivity contribution in [3.05, 3.63) is 35.4 Å². The highest BCUT2D eigenvalue weighted by atomic mass is 16.1. The van der Waals surface area contributed by atoms with Crippen molar-refractivity contribution in [1.29, 1.82) is 0 Å². The Morgan fingerprint density at radius 3 is 2.63 bits per heavy atom. The van der Waals surface area contributed by atoms with E-state index >= 15 is 0 Å². The van der Waals surface area contributed by atoms with Crippen molar-refractivity contribution < 1.29 is 4.79 Å². The van der Waals surface area contributed by atoms with Crippen LogP contribution in [0, 0.1) is 11.8 Å². The summed E-state index contributed by atoms with van der Waals surface area (Å²) >= 11 is 0. The molecule has 19 heavy (non-hydrogen) atoms. The predicted molar refractivity (Wildman–Crippen MR) is 75.4 cm³/mol. The van der Waals surface area contributed by atoms with Gasteiger partial charge in [0.2, 0.25) is 5.91 Å². The normalized spacial score (nSPS) is 28.6. The third kappa shape index (κ3) is 2.66. The summed E-state index contributed by atoms with van der Waals surface area (Å²) in [6, 6.07) is 8.37. The number of amides is 1. The molecule has 3 unspecified atom stereocenters.